The van der Waals surface area contributed by atoms with Crippen molar-refractivity contribution in [3.63, 3.8) is 0 Å². The Morgan fingerprint density at radius 2 is 1.88 bits per heavy atom. The lowest BCUT2D eigenvalue weighted by atomic mass is 10.1. The van der Waals surface area contributed by atoms with Crippen LogP contribution in [0.25, 0.3) is 0 Å². The number of halogens is 1. The summed E-state index contributed by atoms with van der Waals surface area (Å²) >= 11 is 3.42. The topological polar surface area (TPSA) is 94.2 Å². The third-order valence-electron chi connectivity index (χ3n) is 4.13. The first-order chi connectivity index (χ1) is 12.4. The van der Waals surface area contributed by atoms with Crippen molar-refractivity contribution in [3.05, 3.63) is 22.2 Å². The summed E-state index contributed by atoms with van der Waals surface area (Å²) in [7, 11) is 4.29. The monoisotopic (exact) mass is 428 g/mol. The quantitative estimate of drug-likeness (QED) is 0.676. The van der Waals surface area contributed by atoms with Crippen LogP contribution in [-0.2, 0) is 25.5 Å². The summed E-state index contributed by atoms with van der Waals surface area (Å²) in [6.45, 7) is 0.673. The van der Waals surface area contributed by atoms with E-state index in [-0.39, 0.29) is 24.7 Å². The highest BCUT2D eigenvalue weighted by Gasteiger charge is 2.35. The van der Waals surface area contributed by atoms with Gasteiger partial charge < -0.3 is 24.4 Å². The average Bonchev–Trinajstić information content (AvgIpc) is 2.64. The van der Waals surface area contributed by atoms with E-state index in [1.54, 1.807) is 12.1 Å². The van der Waals surface area contributed by atoms with Crippen LogP contribution in [0.2, 0.25) is 0 Å². The minimum atomic E-state index is -0.873. The molecular formula is C17H21BrN2O6. The maximum Gasteiger partial charge on any atom is 0.308 e. The summed E-state index contributed by atoms with van der Waals surface area (Å²) in [6, 6.07) is 2.55. The fourth-order valence-corrected chi connectivity index (χ4v) is 3.22. The summed E-state index contributed by atoms with van der Waals surface area (Å²) in [5.41, 5.74) is 0.690. The van der Waals surface area contributed by atoms with Gasteiger partial charge in [0.05, 0.1) is 34.2 Å². The standard InChI is InChI=1S/C17H21BrN2O6/c1-24-13-6-10(11(18)8-14(13)25-2)7-15(21)20-5-4-19-17(23)12(20)9-16(22)26-3/h6,8,12H,4-5,7,9H2,1-3H3,(H,19,23). The Labute approximate surface area is 159 Å². The second-order valence-corrected chi connectivity index (χ2v) is 6.50. The highest BCUT2D eigenvalue weighted by Crippen LogP contribution is 2.33. The number of amides is 2. The third-order valence-corrected chi connectivity index (χ3v) is 4.87. The molecule has 2 rings (SSSR count). The predicted octanol–water partition coefficient (Wildman–Crippen LogP) is 0.899. The number of ether oxygens (including phenoxy) is 3. The van der Waals surface area contributed by atoms with Crippen molar-refractivity contribution in [2.24, 2.45) is 0 Å². The average molecular weight is 429 g/mol. The van der Waals surface area contributed by atoms with Crippen LogP contribution < -0.4 is 14.8 Å². The lowest BCUT2D eigenvalue weighted by molar-refractivity contribution is -0.150. The Hall–Kier alpha value is -2.29. The molecule has 142 valence electrons. The van der Waals surface area contributed by atoms with Crippen LogP contribution in [-0.4, -0.2) is 63.1 Å². The molecule has 0 radical (unpaired) electrons. The molecular weight excluding hydrogens is 408 g/mol. The van der Waals surface area contributed by atoms with E-state index in [1.165, 1.54) is 26.2 Å². The van der Waals surface area contributed by atoms with Crippen molar-refractivity contribution >= 4 is 33.7 Å². The number of hydrogen-bond donors (Lipinski definition) is 1. The van der Waals surface area contributed by atoms with Crippen molar-refractivity contribution < 1.29 is 28.6 Å². The molecule has 1 aliphatic heterocycles. The Balaban J connectivity index is 2.21. The first-order valence-corrected chi connectivity index (χ1v) is 8.75. The van der Waals surface area contributed by atoms with Gasteiger partial charge >= 0.3 is 5.97 Å². The largest absolute Gasteiger partial charge is 0.493 e. The van der Waals surface area contributed by atoms with E-state index >= 15 is 0 Å². The summed E-state index contributed by atoms with van der Waals surface area (Å²) in [5.74, 6) is -0.127. The van der Waals surface area contributed by atoms with E-state index in [0.29, 0.717) is 34.6 Å². The van der Waals surface area contributed by atoms with Crippen molar-refractivity contribution in [1.29, 1.82) is 0 Å². The van der Waals surface area contributed by atoms with Crippen LogP contribution >= 0.6 is 15.9 Å². The number of benzene rings is 1. The number of esters is 1. The maximum absolute atomic E-state index is 12.8. The first-order valence-electron chi connectivity index (χ1n) is 7.95. The molecule has 1 aliphatic rings. The van der Waals surface area contributed by atoms with Crippen LogP contribution in [0, 0.1) is 0 Å². The molecule has 0 saturated carbocycles. The van der Waals surface area contributed by atoms with Crippen LogP contribution in [0.15, 0.2) is 16.6 Å². The van der Waals surface area contributed by atoms with Gasteiger partial charge in [0.15, 0.2) is 11.5 Å². The van der Waals surface area contributed by atoms with Crippen LogP contribution in [0.5, 0.6) is 11.5 Å². The van der Waals surface area contributed by atoms with Crippen LogP contribution in [0.1, 0.15) is 12.0 Å². The van der Waals surface area contributed by atoms with Crippen LogP contribution in [0.3, 0.4) is 0 Å². The Morgan fingerprint density at radius 1 is 1.23 bits per heavy atom. The van der Waals surface area contributed by atoms with Gasteiger partial charge in [-0.3, -0.25) is 14.4 Å². The van der Waals surface area contributed by atoms with E-state index in [0.717, 1.165) is 0 Å². The van der Waals surface area contributed by atoms with Gasteiger partial charge in [0.25, 0.3) is 0 Å². The van der Waals surface area contributed by atoms with Gasteiger partial charge in [0.2, 0.25) is 11.8 Å². The van der Waals surface area contributed by atoms with Crippen LogP contribution in [0.4, 0.5) is 0 Å². The number of nitrogens with one attached hydrogen (secondary N) is 1. The zero-order valence-electron chi connectivity index (χ0n) is 14.8. The highest BCUT2D eigenvalue weighted by atomic mass is 79.9. The minimum Gasteiger partial charge on any atom is -0.493 e. The second-order valence-electron chi connectivity index (χ2n) is 5.65. The Morgan fingerprint density at radius 3 is 2.50 bits per heavy atom. The molecule has 0 spiro atoms. The summed E-state index contributed by atoms with van der Waals surface area (Å²) in [6.07, 6.45) is -0.132. The van der Waals surface area contributed by atoms with Gasteiger partial charge in [0.1, 0.15) is 6.04 Å². The molecule has 1 heterocycles. The molecule has 1 N–H and O–H groups in total. The van der Waals surface area contributed by atoms with Gasteiger partial charge in [0, 0.05) is 17.6 Å². The minimum absolute atomic E-state index is 0.0475. The predicted molar refractivity (Wildman–Crippen MR) is 96.1 cm³/mol. The molecule has 9 heteroatoms. The number of carbonyl (C=O) groups is 3. The summed E-state index contributed by atoms with van der Waals surface area (Å²) < 4.78 is 15.8. The van der Waals surface area contributed by atoms with E-state index in [2.05, 4.69) is 26.0 Å². The number of piperazine rings is 1. The SMILES string of the molecule is COC(=O)CC1C(=O)NCCN1C(=O)Cc1cc(OC)c(OC)cc1Br. The molecule has 1 aromatic rings. The van der Waals surface area contributed by atoms with Gasteiger partial charge in [-0.15, -0.1) is 0 Å². The van der Waals surface area contributed by atoms with Gasteiger partial charge in [-0.25, -0.2) is 0 Å². The first kappa shape index (κ1) is 20.0. The van der Waals surface area contributed by atoms with E-state index < -0.39 is 12.0 Å². The molecule has 1 unspecified atom stereocenters. The second kappa shape index (κ2) is 8.88. The zero-order chi connectivity index (χ0) is 19.3. The lowest BCUT2D eigenvalue weighted by Gasteiger charge is -2.34. The van der Waals surface area contributed by atoms with Crippen molar-refractivity contribution in [2.75, 3.05) is 34.4 Å². The molecule has 1 atom stereocenters. The van der Waals surface area contributed by atoms with Crippen molar-refractivity contribution in [1.82, 2.24) is 10.2 Å². The molecule has 2 amide bonds. The van der Waals surface area contributed by atoms with Gasteiger partial charge in [-0.2, -0.15) is 0 Å². The molecule has 1 fully saturated rings. The van der Waals surface area contributed by atoms with E-state index in [9.17, 15) is 14.4 Å². The normalized spacial score (nSPS) is 16.7. The fourth-order valence-electron chi connectivity index (χ4n) is 2.75. The molecule has 0 bridgehead atoms. The fraction of sp³-hybridized carbons (Fsp3) is 0.471. The maximum atomic E-state index is 12.8. The molecule has 0 aromatic heterocycles. The zero-order valence-corrected chi connectivity index (χ0v) is 16.4. The number of methoxy groups -OCH3 is 3. The van der Waals surface area contributed by atoms with Gasteiger partial charge in [-0.05, 0) is 17.7 Å². The van der Waals surface area contributed by atoms with E-state index in [4.69, 9.17) is 9.47 Å². The van der Waals surface area contributed by atoms with Crippen molar-refractivity contribution in [3.8, 4) is 11.5 Å². The molecule has 0 aliphatic carbocycles. The lowest BCUT2D eigenvalue weighted by Crippen LogP contribution is -2.58. The summed E-state index contributed by atoms with van der Waals surface area (Å²) in [5, 5.41) is 2.67. The highest BCUT2D eigenvalue weighted by molar-refractivity contribution is 9.10. The third kappa shape index (κ3) is 4.46. The van der Waals surface area contributed by atoms with E-state index in [1.807, 2.05) is 0 Å². The number of nitrogens with zero attached hydrogens (tertiary/aromatic N) is 1. The molecule has 8 nitrogen and oxygen atoms in total. The number of hydrogen-bond acceptors (Lipinski definition) is 6. The summed E-state index contributed by atoms with van der Waals surface area (Å²) in [4.78, 5) is 37.9. The molecule has 1 aromatic carbocycles. The number of carbonyl (C=O) groups excluding carboxylic acids is 3. The molecule has 1 saturated heterocycles. The van der Waals surface area contributed by atoms with Crippen molar-refractivity contribution in [2.45, 2.75) is 18.9 Å². The number of rotatable bonds is 6. The smallest absolute Gasteiger partial charge is 0.308 e. The van der Waals surface area contributed by atoms with Gasteiger partial charge in [-0.1, -0.05) is 15.9 Å². The molecule has 26 heavy (non-hydrogen) atoms. The Bertz CT molecular complexity index is 709. The Kier molecular flexibility index (Phi) is 6.84.